The number of rotatable bonds is 4. The third-order valence-corrected chi connectivity index (χ3v) is 4.42. The molecule has 1 heterocycles. The van der Waals surface area contributed by atoms with Gasteiger partial charge < -0.3 is 10.6 Å². The first-order valence-electron chi connectivity index (χ1n) is 6.37. The van der Waals surface area contributed by atoms with Gasteiger partial charge in [0.2, 0.25) is 0 Å². The molecule has 1 aliphatic rings. The second-order valence-corrected chi connectivity index (χ2v) is 5.96. The van der Waals surface area contributed by atoms with Crippen molar-refractivity contribution in [3.05, 3.63) is 18.2 Å². The highest BCUT2D eigenvalue weighted by Gasteiger charge is 2.65. The number of hydrogen-bond acceptors (Lipinski definition) is 3. The van der Waals surface area contributed by atoms with Crippen molar-refractivity contribution in [2.24, 2.45) is 10.8 Å². The van der Waals surface area contributed by atoms with E-state index in [4.69, 9.17) is 0 Å². The van der Waals surface area contributed by atoms with Gasteiger partial charge in [-0.15, -0.1) is 0 Å². The van der Waals surface area contributed by atoms with E-state index in [0.29, 0.717) is 16.9 Å². The van der Waals surface area contributed by atoms with E-state index in [9.17, 15) is 0 Å². The van der Waals surface area contributed by atoms with Crippen molar-refractivity contribution in [1.29, 1.82) is 0 Å². The van der Waals surface area contributed by atoms with Crippen LogP contribution in [0.1, 0.15) is 34.6 Å². The van der Waals surface area contributed by atoms with E-state index in [-0.39, 0.29) is 0 Å². The van der Waals surface area contributed by atoms with Gasteiger partial charge in [-0.05, 0) is 29.9 Å². The molecule has 1 saturated carbocycles. The average molecular weight is 233 g/mol. The van der Waals surface area contributed by atoms with Crippen molar-refractivity contribution in [2.75, 3.05) is 17.2 Å². The van der Waals surface area contributed by atoms with Crippen molar-refractivity contribution < 1.29 is 0 Å². The molecular weight excluding hydrogens is 210 g/mol. The minimum absolute atomic E-state index is 0.336. The van der Waals surface area contributed by atoms with Gasteiger partial charge >= 0.3 is 0 Å². The van der Waals surface area contributed by atoms with Crippen LogP contribution >= 0.6 is 0 Å². The maximum Gasteiger partial charge on any atom is 0.128 e. The van der Waals surface area contributed by atoms with Gasteiger partial charge in [0.15, 0.2) is 0 Å². The van der Waals surface area contributed by atoms with Gasteiger partial charge in [-0.1, -0.05) is 33.8 Å². The number of nitrogens with one attached hydrogen (secondary N) is 2. The number of nitrogens with zero attached hydrogens (tertiary/aromatic N) is 1. The van der Waals surface area contributed by atoms with E-state index in [1.54, 1.807) is 0 Å². The lowest BCUT2D eigenvalue weighted by molar-refractivity contribution is 0.457. The summed E-state index contributed by atoms with van der Waals surface area (Å²) in [6.45, 7) is 12.2. The fourth-order valence-electron chi connectivity index (χ4n) is 2.50. The van der Waals surface area contributed by atoms with Crippen LogP contribution in [0.3, 0.4) is 0 Å². The Morgan fingerprint density at radius 1 is 1.12 bits per heavy atom. The fraction of sp³-hybridized carbons (Fsp3) is 0.643. The number of anilines is 2. The van der Waals surface area contributed by atoms with Crippen LogP contribution in [0.2, 0.25) is 0 Å². The molecule has 3 heteroatoms. The lowest BCUT2D eigenvalue weighted by Gasteiger charge is -2.09. The van der Waals surface area contributed by atoms with E-state index >= 15 is 0 Å². The van der Waals surface area contributed by atoms with E-state index in [0.717, 1.165) is 18.2 Å². The van der Waals surface area contributed by atoms with Gasteiger partial charge in [0.25, 0.3) is 0 Å². The number of hydrogen-bond donors (Lipinski definition) is 2. The quantitative estimate of drug-likeness (QED) is 0.837. The van der Waals surface area contributed by atoms with Gasteiger partial charge in [-0.3, -0.25) is 0 Å². The van der Waals surface area contributed by atoms with Crippen molar-refractivity contribution in [3.8, 4) is 0 Å². The molecule has 0 radical (unpaired) electrons. The molecule has 0 bridgehead atoms. The maximum atomic E-state index is 4.55. The van der Waals surface area contributed by atoms with Crippen LogP contribution in [0.4, 0.5) is 11.6 Å². The Morgan fingerprint density at radius 2 is 1.71 bits per heavy atom. The van der Waals surface area contributed by atoms with Crippen LogP contribution in [0.5, 0.6) is 0 Å². The first-order chi connectivity index (χ1) is 7.89. The Morgan fingerprint density at radius 3 is 2.24 bits per heavy atom. The fourth-order valence-corrected chi connectivity index (χ4v) is 2.50. The van der Waals surface area contributed by atoms with Crippen molar-refractivity contribution in [1.82, 2.24) is 4.98 Å². The summed E-state index contributed by atoms with van der Waals surface area (Å²) >= 11 is 0. The van der Waals surface area contributed by atoms with Crippen LogP contribution in [-0.4, -0.2) is 17.6 Å². The predicted molar refractivity (Wildman–Crippen MR) is 73.4 cm³/mol. The molecule has 0 spiro atoms. The molecule has 0 amide bonds. The molecule has 94 valence electrons. The molecule has 1 aliphatic carbocycles. The predicted octanol–water partition coefficient (Wildman–Crippen LogP) is 3.36. The van der Waals surface area contributed by atoms with Gasteiger partial charge in [0.05, 0.1) is 0 Å². The number of pyridine rings is 1. The Hall–Kier alpha value is -1.25. The summed E-state index contributed by atoms with van der Waals surface area (Å²) in [5, 5.41) is 6.78. The monoisotopic (exact) mass is 233 g/mol. The average Bonchev–Trinajstić information content (AvgIpc) is 2.62. The van der Waals surface area contributed by atoms with Crippen molar-refractivity contribution in [2.45, 2.75) is 40.7 Å². The lowest BCUT2D eigenvalue weighted by Crippen LogP contribution is -2.12. The van der Waals surface area contributed by atoms with Gasteiger partial charge in [-0.2, -0.15) is 0 Å². The Kier molecular flexibility index (Phi) is 2.80. The molecule has 0 aliphatic heterocycles. The summed E-state index contributed by atoms with van der Waals surface area (Å²) < 4.78 is 0. The highest BCUT2D eigenvalue weighted by atomic mass is 15.1. The van der Waals surface area contributed by atoms with Gasteiger partial charge in [0.1, 0.15) is 11.6 Å². The second kappa shape index (κ2) is 3.90. The van der Waals surface area contributed by atoms with Crippen molar-refractivity contribution in [3.63, 3.8) is 0 Å². The molecule has 17 heavy (non-hydrogen) atoms. The summed E-state index contributed by atoms with van der Waals surface area (Å²) in [5.41, 5.74) is 0.672. The van der Waals surface area contributed by atoms with Gasteiger partial charge in [0, 0.05) is 12.6 Å². The maximum absolute atomic E-state index is 4.55. The first kappa shape index (κ1) is 12.2. The van der Waals surface area contributed by atoms with Crippen LogP contribution in [0.25, 0.3) is 0 Å². The SMILES string of the molecule is CCNc1cccc(NC2C(C)(C)C2(C)C)n1. The Bertz CT molecular complexity index is 396. The first-order valence-corrected chi connectivity index (χ1v) is 6.37. The minimum atomic E-state index is 0.336. The topological polar surface area (TPSA) is 37.0 Å². The third-order valence-electron chi connectivity index (χ3n) is 4.42. The zero-order chi connectivity index (χ0) is 12.7. The third kappa shape index (κ3) is 1.99. The standard InChI is InChI=1S/C14H23N3/c1-6-15-10-8-7-9-11(16-10)17-12-13(2,3)14(12,4)5/h7-9,12H,6H2,1-5H3,(H2,15,16,17). The van der Waals surface area contributed by atoms with E-state index < -0.39 is 0 Å². The Balaban J connectivity index is 2.08. The lowest BCUT2D eigenvalue weighted by atomic mass is 10.0. The van der Waals surface area contributed by atoms with E-state index in [2.05, 4.69) is 50.2 Å². The smallest absolute Gasteiger partial charge is 0.128 e. The summed E-state index contributed by atoms with van der Waals surface area (Å²) in [6.07, 6.45) is 0. The molecule has 0 aromatic carbocycles. The second-order valence-electron chi connectivity index (χ2n) is 5.96. The van der Waals surface area contributed by atoms with Gasteiger partial charge in [-0.25, -0.2) is 4.98 Å². The number of aromatic nitrogens is 1. The summed E-state index contributed by atoms with van der Waals surface area (Å²) in [7, 11) is 0. The van der Waals surface area contributed by atoms with Crippen LogP contribution < -0.4 is 10.6 Å². The normalized spacial score (nSPS) is 21.0. The molecule has 0 saturated heterocycles. The van der Waals surface area contributed by atoms with Crippen molar-refractivity contribution >= 4 is 11.6 Å². The largest absolute Gasteiger partial charge is 0.370 e. The molecule has 1 fully saturated rings. The van der Waals surface area contributed by atoms with E-state index in [1.165, 1.54) is 0 Å². The van der Waals surface area contributed by atoms with Crippen LogP contribution in [-0.2, 0) is 0 Å². The van der Waals surface area contributed by atoms with Crippen LogP contribution in [0.15, 0.2) is 18.2 Å². The zero-order valence-corrected chi connectivity index (χ0v) is 11.5. The molecule has 1 aromatic rings. The molecular formula is C14H23N3. The molecule has 0 atom stereocenters. The molecule has 2 N–H and O–H groups in total. The highest BCUT2D eigenvalue weighted by molar-refractivity contribution is 5.48. The summed E-state index contributed by atoms with van der Waals surface area (Å²) in [5.74, 6) is 1.90. The summed E-state index contributed by atoms with van der Waals surface area (Å²) in [6, 6.07) is 6.57. The Labute approximate surface area is 104 Å². The molecule has 1 aromatic heterocycles. The highest BCUT2D eigenvalue weighted by Crippen LogP contribution is 2.63. The zero-order valence-electron chi connectivity index (χ0n) is 11.5. The van der Waals surface area contributed by atoms with E-state index in [1.807, 2.05) is 18.2 Å². The minimum Gasteiger partial charge on any atom is -0.370 e. The molecule has 0 unspecified atom stereocenters. The van der Waals surface area contributed by atoms with Crippen LogP contribution in [0, 0.1) is 10.8 Å². The molecule has 3 nitrogen and oxygen atoms in total. The summed E-state index contributed by atoms with van der Waals surface area (Å²) in [4.78, 5) is 4.55. The molecule has 2 rings (SSSR count).